The molecule has 0 aliphatic carbocycles. The minimum atomic E-state index is 0.554. The maximum Gasteiger partial charge on any atom is 0.0281 e. The van der Waals surface area contributed by atoms with Crippen LogP contribution in [0.2, 0.25) is 0 Å². The molecule has 18 heavy (non-hydrogen) atoms. The summed E-state index contributed by atoms with van der Waals surface area (Å²) < 4.78 is 0. The molecule has 0 spiro atoms. The average molecular weight is 251 g/mol. The number of nitrogens with zero attached hydrogens (tertiary/aromatic N) is 1. The molecular formula is C17H33N. The fourth-order valence-electron chi connectivity index (χ4n) is 2.31. The first-order valence-electron chi connectivity index (χ1n) is 7.65. The van der Waals surface area contributed by atoms with Crippen LogP contribution in [0.15, 0.2) is 24.8 Å². The van der Waals surface area contributed by atoms with Crippen LogP contribution in [0.4, 0.5) is 0 Å². The van der Waals surface area contributed by atoms with E-state index < -0.39 is 0 Å². The van der Waals surface area contributed by atoms with E-state index >= 15 is 0 Å². The fraction of sp³-hybridized carbons (Fsp3) is 0.765. The molecule has 0 aromatic carbocycles. The van der Waals surface area contributed by atoms with Gasteiger partial charge in [-0.25, -0.2) is 0 Å². The van der Waals surface area contributed by atoms with Crippen molar-refractivity contribution in [1.82, 2.24) is 4.90 Å². The molecule has 0 aliphatic heterocycles. The molecule has 0 bridgehead atoms. The van der Waals surface area contributed by atoms with E-state index in [0.717, 1.165) is 6.54 Å². The van der Waals surface area contributed by atoms with Gasteiger partial charge >= 0.3 is 0 Å². The van der Waals surface area contributed by atoms with Crippen LogP contribution in [-0.2, 0) is 0 Å². The van der Waals surface area contributed by atoms with E-state index in [0.29, 0.717) is 18.0 Å². The summed E-state index contributed by atoms with van der Waals surface area (Å²) in [5, 5.41) is 0. The minimum Gasteiger partial charge on any atom is -0.291 e. The second kappa shape index (κ2) is 10.4. The lowest BCUT2D eigenvalue weighted by atomic mass is 10.0. The van der Waals surface area contributed by atoms with Gasteiger partial charge in [0.15, 0.2) is 0 Å². The summed E-state index contributed by atoms with van der Waals surface area (Å²) in [6, 6.07) is 1.19. The van der Waals surface area contributed by atoms with Crippen molar-refractivity contribution in [1.29, 1.82) is 0 Å². The lowest BCUT2D eigenvalue weighted by molar-refractivity contribution is 0.177. The molecule has 0 N–H and O–H groups in total. The zero-order chi connectivity index (χ0) is 14.0. The highest BCUT2D eigenvalue weighted by atomic mass is 15.2. The third kappa shape index (κ3) is 6.39. The van der Waals surface area contributed by atoms with E-state index in [1.54, 1.807) is 0 Å². The molecule has 0 aromatic heterocycles. The first-order chi connectivity index (χ1) is 8.60. The summed E-state index contributed by atoms with van der Waals surface area (Å²) >= 11 is 0. The van der Waals surface area contributed by atoms with Crippen molar-refractivity contribution in [3.8, 4) is 0 Å². The third-order valence-corrected chi connectivity index (χ3v) is 3.76. The zero-order valence-electron chi connectivity index (χ0n) is 13.2. The largest absolute Gasteiger partial charge is 0.291 e. The van der Waals surface area contributed by atoms with E-state index in [4.69, 9.17) is 0 Å². The first kappa shape index (κ1) is 17.4. The number of rotatable bonds is 10. The fourth-order valence-corrected chi connectivity index (χ4v) is 2.31. The number of hydrogen-bond donors (Lipinski definition) is 0. The maximum absolute atomic E-state index is 3.91. The van der Waals surface area contributed by atoms with Crippen LogP contribution >= 0.6 is 0 Å². The van der Waals surface area contributed by atoms with Crippen molar-refractivity contribution in [3.05, 3.63) is 24.8 Å². The summed E-state index contributed by atoms with van der Waals surface area (Å²) in [5.41, 5.74) is 0. The molecule has 0 heterocycles. The van der Waals surface area contributed by atoms with Crippen LogP contribution in [-0.4, -0.2) is 23.5 Å². The SMILES string of the molecule is C=CCN([C@@H](C)CCC)[C@@H](/C=C\[C@@H](C)CC)CC. The normalized spacial score (nSPS) is 17.0. The Labute approximate surface area is 115 Å². The molecule has 0 unspecified atom stereocenters. The summed E-state index contributed by atoms with van der Waals surface area (Å²) in [6.45, 7) is 16.3. The van der Waals surface area contributed by atoms with Gasteiger partial charge in [-0.05, 0) is 25.7 Å². The second-order valence-corrected chi connectivity index (χ2v) is 5.37. The van der Waals surface area contributed by atoms with Gasteiger partial charge in [0.25, 0.3) is 0 Å². The van der Waals surface area contributed by atoms with Gasteiger partial charge in [0.05, 0.1) is 0 Å². The van der Waals surface area contributed by atoms with E-state index in [9.17, 15) is 0 Å². The number of hydrogen-bond acceptors (Lipinski definition) is 1. The molecular weight excluding hydrogens is 218 g/mol. The molecule has 106 valence electrons. The zero-order valence-corrected chi connectivity index (χ0v) is 13.2. The van der Waals surface area contributed by atoms with Crippen LogP contribution in [0.25, 0.3) is 0 Å². The first-order valence-corrected chi connectivity index (χ1v) is 7.65. The van der Waals surface area contributed by atoms with Gasteiger partial charge in [0.1, 0.15) is 0 Å². The summed E-state index contributed by atoms with van der Waals surface area (Å²) in [6.07, 6.45) is 11.7. The van der Waals surface area contributed by atoms with E-state index in [1.165, 1.54) is 25.7 Å². The maximum atomic E-state index is 3.91. The van der Waals surface area contributed by atoms with Crippen LogP contribution < -0.4 is 0 Å². The van der Waals surface area contributed by atoms with Gasteiger partial charge in [-0.1, -0.05) is 58.8 Å². The van der Waals surface area contributed by atoms with Crippen molar-refractivity contribution in [2.24, 2.45) is 5.92 Å². The van der Waals surface area contributed by atoms with Crippen LogP contribution in [0.3, 0.4) is 0 Å². The Kier molecular flexibility index (Phi) is 10.0. The van der Waals surface area contributed by atoms with E-state index in [2.05, 4.69) is 58.2 Å². The molecule has 0 saturated heterocycles. The standard InChI is InChI=1S/C17H33N/c1-7-11-16(6)18(14-8-2)17(10-4)13-12-15(5)9-3/h8,12-13,15-17H,2,7,9-11,14H2,1,3-6H3/b13-12-/t15-,16-,17+/m0/s1. The van der Waals surface area contributed by atoms with Gasteiger partial charge < -0.3 is 0 Å². The topological polar surface area (TPSA) is 3.24 Å². The quantitative estimate of drug-likeness (QED) is 0.491. The van der Waals surface area contributed by atoms with Gasteiger partial charge in [0, 0.05) is 18.6 Å². The Morgan fingerprint density at radius 3 is 2.17 bits per heavy atom. The molecule has 0 aromatic rings. The molecule has 0 fully saturated rings. The molecule has 1 heteroatoms. The molecule has 0 aliphatic rings. The molecule has 0 radical (unpaired) electrons. The molecule has 3 atom stereocenters. The summed E-state index contributed by atoms with van der Waals surface area (Å²) in [4.78, 5) is 2.58. The number of allylic oxidation sites excluding steroid dienone is 1. The second-order valence-electron chi connectivity index (χ2n) is 5.37. The van der Waals surface area contributed by atoms with Crippen LogP contribution in [0, 0.1) is 5.92 Å². The Morgan fingerprint density at radius 1 is 1.06 bits per heavy atom. The molecule has 0 saturated carbocycles. The van der Waals surface area contributed by atoms with Crippen molar-refractivity contribution in [3.63, 3.8) is 0 Å². The smallest absolute Gasteiger partial charge is 0.0281 e. The van der Waals surface area contributed by atoms with Crippen molar-refractivity contribution in [2.45, 2.75) is 72.4 Å². The monoisotopic (exact) mass is 251 g/mol. The third-order valence-electron chi connectivity index (χ3n) is 3.76. The van der Waals surface area contributed by atoms with Crippen molar-refractivity contribution in [2.75, 3.05) is 6.54 Å². The van der Waals surface area contributed by atoms with Crippen LogP contribution in [0.1, 0.15) is 60.3 Å². The summed E-state index contributed by atoms with van der Waals surface area (Å²) in [7, 11) is 0. The molecule has 1 nitrogen and oxygen atoms in total. The Bertz CT molecular complexity index is 232. The lowest BCUT2D eigenvalue weighted by Gasteiger charge is -2.34. The molecule has 0 amide bonds. The van der Waals surface area contributed by atoms with Gasteiger partial charge in [-0.3, -0.25) is 4.90 Å². The predicted molar refractivity (Wildman–Crippen MR) is 83.9 cm³/mol. The average Bonchev–Trinajstić information content (AvgIpc) is 2.37. The highest BCUT2D eigenvalue weighted by molar-refractivity contribution is 4.98. The Morgan fingerprint density at radius 2 is 1.72 bits per heavy atom. The van der Waals surface area contributed by atoms with Gasteiger partial charge in [-0.15, -0.1) is 6.58 Å². The minimum absolute atomic E-state index is 0.554. The Balaban J connectivity index is 4.69. The van der Waals surface area contributed by atoms with Crippen molar-refractivity contribution < 1.29 is 0 Å². The van der Waals surface area contributed by atoms with E-state index in [-0.39, 0.29) is 0 Å². The predicted octanol–water partition coefficient (Wildman–Crippen LogP) is 5.04. The van der Waals surface area contributed by atoms with E-state index in [1.807, 2.05) is 6.08 Å². The summed E-state index contributed by atoms with van der Waals surface area (Å²) in [5.74, 6) is 0.686. The molecule has 0 rings (SSSR count). The lowest BCUT2D eigenvalue weighted by Crippen LogP contribution is -2.40. The van der Waals surface area contributed by atoms with Gasteiger partial charge in [0.2, 0.25) is 0 Å². The van der Waals surface area contributed by atoms with Gasteiger partial charge in [-0.2, -0.15) is 0 Å². The highest BCUT2D eigenvalue weighted by Crippen LogP contribution is 2.16. The highest BCUT2D eigenvalue weighted by Gasteiger charge is 2.18. The van der Waals surface area contributed by atoms with Crippen LogP contribution in [0.5, 0.6) is 0 Å². The Hall–Kier alpha value is -0.560. The van der Waals surface area contributed by atoms with Crippen molar-refractivity contribution >= 4 is 0 Å².